The maximum atomic E-state index is 13.4. The molecule has 0 saturated carbocycles. The minimum Gasteiger partial charge on any atom is -0.396 e. The molecule has 0 fully saturated rings. The Bertz CT molecular complexity index is 408. The van der Waals surface area contributed by atoms with Crippen molar-refractivity contribution in [2.24, 2.45) is 5.92 Å². The summed E-state index contributed by atoms with van der Waals surface area (Å²) in [6, 6.07) is 5.43. The molecule has 1 aliphatic carbocycles. The van der Waals surface area contributed by atoms with Crippen molar-refractivity contribution in [2.45, 2.75) is 45.1 Å². The zero-order valence-corrected chi connectivity index (χ0v) is 11.7. The molecule has 2 N–H and O–H groups in total. The molecule has 2 atom stereocenters. The predicted molar refractivity (Wildman–Crippen MR) is 75.6 cm³/mol. The summed E-state index contributed by atoms with van der Waals surface area (Å²) in [6.45, 7) is 3.30. The number of hydrogen-bond acceptors (Lipinski definition) is 2. The first kappa shape index (κ1) is 14.5. The van der Waals surface area contributed by atoms with Gasteiger partial charge in [-0.2, -0.15) is 0 Å². The molecule has 2 rings (SSSR count). The number of aryl methyl sites for hydroxylation is 1. The Kier molecular flexibility index (Phi) is 5.34. The molecule has 1 aromatic carbocycles. The van der Waals surface area contributed by atoms with Gasteiger partial charge in [-0.25, -0.2) is 4.39 Å². The van der Waals surface area contributed by atoms with E-state index in [1.165, 1.54) is 5.56 Å². The van der Waals surface area contributed by atoms with Crippen LogP contribution in [-0.4, -0.2) is 18.3 Å². The van der Waals surface area contributed by atoms with Crippen LogP contribution in [0.2, 0.25) is 0 Å². The fourth-order valence-corrected chi connectivity index (χ4v) is 2.92. The van der Waals surface area contributed by atoms with Gasteiger partial charge in [0.1, 0.15) is 5.82 Å². The van der Waals surface area contributed by atoms with E-state index in [0.29, 0.717) is 5.92 Å². The molecule has 0 bridgehead atoms. The average Bonchev–Trinajstić information content (AvgIpc) is 2.43. The monoisotopic (exact) mass is 265 g/mol. The van der Waals surface area contributed by atoms with Crippen molar-refractivity contribution in [3.63, 3.8) is 0 Å². The quantitative estimate of drug-likeness (QED) is 0.828. The van der Waals surface area contributed by atoms with Crippen LogP contribution in [0.15, 0.2) is 18.2 Å². The van der Waals surface area contributed by atoms with Crippen LogP contribution >= 0.6 is 0 Å². The van der Waals surface area contributed by atoms with Gasteiger partial charge in [0.2, 0.25) is 0 Å². The molecule has 0 aromatic heterocycles. The SMILES string of the molecule is CCC(CCO)CNC1CCCc2ccc(F)cc21. The molecule has 0 heterocycles. The third-order valence-corrected chi connectivity index (χ3v) is 4.19. The molecular formula is C16H24FNO. The van der Waals surface area contributed by atoms with E-state index in [4.69, 9.17) is 5.11 Å². The first-order valence-electron chi connectivity index (χ1n) is 7.37. The Hall–Kier alpha value is -0.930. The number of hydrogen-bond donors (Lipinski definition) is 2. The summed E-state index contributed by atoms with van der Waals surface area (Å²) in [5.74, 6) is 0.360. The van der Waals surface area contributed by atoms with Gasteiger partial charge in [-0.3, -0.25) is 0 Å². The molecule has 0 saturated heterocycles. The molecule has 3 heteroatoms. The maximum absolute atomic E-state index is 13.4. The average molecular weight is 265 g/mol. The van der Waals surface area contributed by atoms with Gasteiger partial charge < -0.3 is 10.4 Å². The zero-order valence-electron chi connectivity index (χ0n) is 11.7. The second kappa shape index (κ2) is 7.01. The van der Waals surface area contributed by atoms with Crippen LogP contribution < -0.4 is 5.32 Å². The Labute approximate surface area is 115 Å². The van der Waals surface area contributed by atoms with Gasteiger partial charge in [0.25, 0.3) is 0 Å². The summed E-state index contributed by atoms with van der Waals surface area (Å²) in [5.41, 5.74) is 2.41. The van der Waals surface area contributed by atoms with E-state index in [-0.39, 0.29) is 18.5 Å². The summed E-state index contributed by atoms with van der Waals surface area (Å²) >= 11 is 0. The minimum absolute atomic E-state index is 0.144. The summed E-state index contributed by atoms with van der Waals surface area (Å²) in [7, 11) is 0. The van der Waals surface area contributed by atoms with Crippen LogP contribution in [0.5, 0.6) is 0 Å². The van der Waals surface area contributed by atoms with Crippen molar-refractivity contribution >= 4 is 0 Å². The van der Waals surface area contributed by atoms with Gasteiger partial charge in [-0.05, 0) is 61.4 Å². The number of benzene rings is 1. The van der Waals surface area contributed by atoms with Crippen molar-refractivity contribution < 1.29 is 9.50 Å². The minimum atomic E-state index is -0.144. The Morgan fingerprint density at radius 1 is 1.47 bits per heavy atom. The topological polar surface area (TPSA) is 32.3 Å². The van der Waals surface area contributed by atoms with Crippen molar-refractivity contribution in [1.82, 2.24) is 5.32 Å². The normalized spacial score (nSPS) is 20.1. The molecule has 0 amide bonds. The van der Waals surface area contributed by atoms with E-state index in [9.17, 15) is 4.39 Å². The summed E-state index contributed by atoms with van der Waals surface area (Å²) in [4.78, 5) is 0. The lowest BCUT2D eigenvalue weighted by atomic mass is 9.87. The van der Waals surface area contributed by atoms with Crippen molar-refractivity contribution in [3.05, 3.63) is 35.1 Å². The van der Waals surface area contributed by atoms with Crippen LogP contribution in [0.25, 0.3) is 0 Å². The number of aliphatic hydroxyl groups excluding tert-OH is 1. The first-order valence-corrected chi connectivity index (χ1v) is 7.37. The van der Waals surface area contributed by atoms with Gasteiger partial charge >= 0.3 is 0 Å². The lowest BCUT2D eigenvalue weighted by Crippen LogP contribution is -2.30. The molecule has 19 heavy (non-hydrogen) atoms. The third kappa shape index (κ3) is 3.77. The Morgan fingerprint density at radius 3 is 3.05 bits per heavy atom. The van der Waals surface area contributed by atoms with Crippen LogP contribution in [0.1, 0.15) is 49.8 Å². The highest BCUT2D eigenvalue weighted by molar-refractivity contribution is 5.32. The lowest BCUT2D eigenvalue weighted by Gasteiger charge is -2.28. The van der Waals surface area contributed by atoms with Crippen LogP contribution in [-0.2, 0) is 6.42 Å². The van der Waals surface area contributed by atoms with Crippen LogP contribution in [0, 0.1) is 11.7 Å². The molecule has 1 aromatic rings. The van der Waals surface area contributed by atoms with Crippen molar-refractivity contribution in [1.29, 1.82) is 0 Å². The number of rotatable bonds is 6. The van der Waals surface area contributed by atoms with E-state index in [0.717, 1.165) is 44.2 Å². The fraction of sp³-hybridized carbons (Fsp3) is 0.625. The second-order valence-electron chi connectivity index (χ2n) is 5.48. The van der Waals surface area contributed by atoms with Gasteiger partial charge in [-0.1, -0.05) is 19.4 Å². The standard InChI is InChI=1S/C16H24FNO/c1-2-12(8-9-19)11-18-16-5-3-4-13-6-7-14(17)10-15(13)16/h6-7,10,12,16,18-19H,2-5,8-9,11H2,1H3. The molecule has 0 aliphatic heterocycles. The van der Waals surface area contributed by atoms with Crippen LogP contribution in [0.3, 0.4) is 0 Å². The summed E-state index contributed by atoms with van der Waals surface area (Å²) < 4.78 is 13.4. The predicted octanol–water partition coefficient (Wildman–Crippen LogP) is 3.20. The zero-order chi connectivity index (χ0) is 13.7. The lowest BCUT2D eigenvalue weighted by molar-refractivity contribution is 0.247. The third-order valence-electron chi connectivity index (χ3n) is 4.19. The highest BCUT2D eigenvalue weighted by atomic mass is 19.1. The first-order chi connectivity index (χ1) is 9.24. The molecule has 2 nitrogen and oxygen atoms in total. The van der Waals surface area contributed by atoms with E-state index < -0.39 is 0 Å². The molecule has 2 unspecified atom stereocenters. The second-order valence-corrected chi connectivity index (χ2v) is 5.48. The molecular weight excluding hydrogens is 241 g/mol. The van der Waals surface area contributed by atoms with Crippen molar-refractivity contribution in [3.8, 4) is 0 Å². The van der Waals surface area contributed by atoms with E-state index in [1.807, 2.05) is 6.07 Å². The highest BCUT2D eigenvalue weighted by Crippen LogP contribution is 2.30. The number of halogens is 1. The van der Waals surface area contributed by atoms with Gasteiger partial charge in [0.15, 0.2) is 0 Å². The Morgan fingerprint density at radius 2 is 2.32 bits per heavy atom. The molecule has 0 spiro atoms. The number of fused-ring (bicyclic) bond motifs is 1. The number of aliphatic hydroxyl groups is 1. The van der Waals surface area contributed by atoms with Crippen molar-refractivity contribution in [2.75, 3.05) is 13.2 Å². The largest absolute Gasteiger partial charge is 0.396 e. The maximum Gasteiger partial charge on any atom is 0.123 e. The van der Waals surface area contributed by atoms with E-state index in [2.05, 4.69) is 12.2 Å². The summed E-state index contributed by atoms with van der Waals surface area (Å²) in [6.07, 6.45) is 5.20. The van der Waals surface area contributed by atoms with Crippen LogP contribution in [0.4, 0.5) is 4.39 Å². The molecule has 106 valence electrons. The Balaban J connectivity index is 2.00. The van der Waals surface area contributed by atoms with E-state index in [1.54, 1.807) is 12.1 Å². The summed E-state index contributed by atoms with van der Waals surface area (Å²) in [5, 5.41) is 12.6. The van der Waals surface area contributed by atoms with Gasteiger partial charge in [0.05, 0.1) is 0 Å². The molecule has 0 radical (unpaired) electrons. The van der Waals surface area contributed by atoms with Gasteiger partial charge in [0, 0.05) is 12.6 Å². The number of nitrogens with one attached hydrogen (secondary N) is 1. The smallest absolute Gasteiger partial charge is 0.123 e. The fourth-order valence-electron chi connectivity index (χ4n) is 2.92. The molecule has 1 aliphatic rings. The van der Waals surface area contributed by atoms with Gasteiger partial charge in [-0.15, -0.1) is 0 Å². The highest BCUT2D eigenvalue weighted by Gasteiger charge is 2.21. The van der Waals surface area contributed by atoms with E-state index >= 15 is 0 Å².